The fourth-order valence-electron chi connectivity index (χ4n) is 1.79. The molecule has 5 nitrogen and oxygen atoms in total. The molecule has 0 radical (unpaired) electrons. The van der Waals surface area contributed by atoms with Crippen LogP contribution in [0, 0.1) is 6.92 Å². The quantitative estimate of drug-likeness (QED) is 0.554. The van der Waals surface area contributed by atoms with Crippen LogP contribution in [0.3, 0.4) is 0 Å². The summed E-state index contributed by atoms with van der Waals surface area (Å²) in [5, 5.41) is 3.52. The van der Waals surface area contributed by atoms with Crippen LogP contribution in [0.5, 0.6) is 0 Å². The molecule has 0 aromatic carbocycles. The second-order valence-electron chi connectivity index (χ2n) is 5.97. The molecular formula is C14H27N5S. The van der Waals surface area contributed by atoms with E-state index in [2.05, 4.69) is 49.7 Å². The number of aromatic nitrogens is 2. The highest BCUT2D eigenvalue weighted by molar-refractivity contribution is 7.98. The van der Waals surface area contributed by atoms with Crippen molar-refractivity contribution in [3.63, 3.8) is 0 Å². The Hall–Kier alpha value is -1.01. The smallest absolute Gasteiger partial charge is 0.148 e. The van der Waals surface area contributed by atoms with E-state index in [1.165, 1.54) is 0 Å². The van der Waals surface area contributed by atoms with Crippen LogP contribution >= 0.6 is 11.8 Å². The minimum atomic E-state index is -0.114. The van der Waals surface area contributed by atoms with Gasteiger partial charge in [-0.15, -0.1) is 0 Å². The number of nitrogens with zero attached hydrogens (tertiary/aromatic N) is 2. The van der Waals surface area contributed by atoms with Gasteiger partial charge in [0, 0.05) is 22.8 Å². The molecule has 1 aromatic rings. The summed E-state index contributed by atoms with van der Waals surface area (Å²) in [6.07, 6.45) is 3.17. The molecule has 0 amide bonds. The Morgan fingerprint density at radius 2 is 1.85 bits per heavy atom. The van der Waals surface area contributed by atoms with Gasteiger partial charge in [-0.3, -0.25) is 0 Å². The van der Waals surface area contributed by atoms with Gasteiger partial charge in [0.25, 0.3) is 0 Å². The Morgan fingerprint density at radius 3 is 2.30 bits per heavy atom. The molecule has 0 spiro atoms. The molecule has 4 N–H and O–H groups in total. The third-order valence-corrected chi connectivity index (χ3v) is 3.89. The van der Waals surface area contributed by atoms with Crippen LogP contribution in [-0.4, -0.2) is 28.0 Å². The zero-order valence-electron chi connectivity index (χ0n) is 13.4. The van der Waals surface area contributed by atoms with E-state index in [1.54, 1.807) is 0 Å². The van der Waals surface area contributed by atoms with E-state index in [9.17, 15) is 0 Å². The van der Waals surface area contributed by atoms with E-state index in [1.807, 2.05) is 18.7 Å². The van der Waals surface area contributed by atoms with E-state index >= 15 is 0 Å². The summed E-state index contributed by atoms with van der Waals surface area (Å²) < 4.78 is 0. The minimum Gasteiger partial charge on any atom is -0.366 e. The van der Waals surface area contributed by atoms with Crippen molar-refractivity contribution in [3.05, 3.63) is 11.4 Å². The minimum absolute atomic E-state index is 0.114. The molecule has 0 aliphatic rings. The van der Waals surface area contributed by atoms with Crippen molar-refractivity contribution in [3.8, 4) is 0 Å². The summed E-state index contributed by atoms with van der Waals surface area (Å²) in [6.45, 7) is 10.5. The first kappa shape index (κ1) is 17.0. The Bertz CT molecular complexity index is 442. The SMILES string of the molecule is CCC(CSC)Nc1nc(C(C)(C)C)nc(NN)c1C. The number of anilines is 2. The average molecular weight is 297 g/mol. The molecule has 0 fully saturated rings. The molecule has 1 atom stereocenters. The normalized spacial score (nSPS) is 13.2. The maximum atomic E-state index is 5.58. The van der Waals surface area contributed by atoms with Crippen LogP contribution in [-0.2, 0) is 5.41 Å². The Labute approximate surface area is 126 Å². The third-order valence-electron chi connectivity index (χ3n) is 3.15. The van der Waals surface area contributed by atoms with Crippen LogP contribution in [0.1, 0.15) is 45.5 Å². The lowest BCUT2D eigenvalue weighted by molar-refractivity contribution is 0.545. The number of thioether (sulfide) groups is 1. The van der Waals surface area contributed by atoms with Gasteiger partial charge in [0.2, 0.25) is 0 Å². The second kappa shape index (κ2) is 7.13. The molecule has 0 saturated heterocycles. The predicted molar refractivity (Wildman–Crippen MR) is 89.4 cm³/mol. The van der Waals surface area contributed by atoms with Crippen molar-refractivity contribution in [2.24, 2.45) is 5.84 Å². The monoisotopic (exact) mass is 297 g/mol. The first-order valence-electron chi connectivity index (χ1n) is 6.94. The molecule has 0 aliphatic carbocycles. The Kier molecular flexibility index (Phi) is 6.07. The van der Waals surface area contributed by atoms with Crippen LogP contribution in [0.4, 0.5) is 11.6 Å². The van der Waals surface area contributed by atoms with Crippen molar-refractivity contribution in [2.75, 3.05) is 22.8 Å². The summed E-state index contributed by atoms with van der Waals surface area (Å²) in [4.78, 5) is 9.20. The van der Waals surface area contributed by atoms with Crippen LogP contribution < -0.4 is 16.6 Å². The van der Waals surface area contributed by atoms with Gasteiger partial charge in [-0.05, 0) is 19.6 Å². The number of hydrogen-bond donors (Lipinski definition) is 3. The van der Waals surface area contributed by atoms with Gasteiger partial charge in [-0.25, -0.2) is 15.8 Å². The van der Waals surface area contributed by atoms with Crippen LogP contribution in [0.25, 0.3) is 0 Å². The average Bonchev–Trinajstić information content (AvgIpc) is 2.38. The first-order valence-corrected chi connectivity index (χ1v) is 8.34. The summed E-state index contributed by atoms with van der Waals surface area (Å²) >= 11 is 1.83. The zero-order chi connectivity index (χ0) is 15.3. The molecule has 1 heterocycles. The van der Waals surface area contributed by atoms with Gasteiger partial charge in [-0.2, -0.15) is 11.8 Å². The summed E-state index contributed by atoms with van der Waals surface area (Å²) in [6, 6.07) is 0.400. The molecular weight excluding hydrogens is 270 g/mol. The van der Waals surface area contributed by atoms with Gasteiger partial charge < -0.3 is 10.7 Å². The van der Waals surface area contributed by atoms with Crippen molar-refractivity contribution in [1.82, 2.24) is 9.97 Å². The number of nitrogens with one attached hydrogen (secondary N) is 2. The molecule has 0 bridgehead atoms. The first-order chi connectivity index (χ1) is 9.33. The van der Waals surface area contributed by atoms with Crippen molar-refractivity contribution in [2.45, 2.75) is 52.5 Å². The Balaban J connectivity index is 3.16. The lowest BCUT2D eigenvalue weighted by atomic mass is 9.95. The van der Waals surface area contributed by atoms with E-state index < -0.39 is 0 Å². The number of hydrogen-bond acceptors (Lipinski definition) is 6. The highest BCUT2D eigenvalue weighted by Crippen LogP contribution is 2.26. The summed E-state index contributed by atoms with van der Waals surface area (Å²) in [5.74, 6) is 8.98. The standard InChI is InChI=1S/C14H27N5S/c1-7-10(8-20-6)16-11-9(2)12(19-15)18-13(17-11)14(3,4)5/h10H,7-8,15H2,1-6H3,(H2,16,17,18,19). The summed E-state index contributed by atoms with van der Waals surface area (Å²) in [5.41, 5.74) is 3.52. The van der Waals surface area contributed by atoms with Crippen molar-refractivity contribution >= 4 is 23.4 Å². The number of nitrogen functional groups attached to an aromatic ring is 1. The maximum absolute atomic E-state index is 5.58. The highest BCUT2D eigenvalue weighted by atomic mass is 32.2. The van der Waals surface area contributed by atoms with E-state index in [0.29, 0.717) is 11.9 Å². The Morgan fingerprint density at radius 1 is 1.25 bits per heavy atom. The fraction of sp³-hybridized carbons (Fsp3) is 0.714. The zero-order valence-corrected chi connectivity index (χ0v) is 14.2. The second-order valence-corrected chi connectivity index (χ2v) is 6.88. The number of hydrazine groups is 1. The van der Waals surface area contributed by atoms with Crippen LogP contribution in [0.2, 0.25) is 0 Å². The van der Waals surface area contributed by atoms with E-state index in [-0.39, 0.29) is 5.41 Å². The van der Waals surface area contributed by atoms with Crippen LogP contribution in [0.15, 0.2) is 0 Å². The largest absolute Gasteiger partial charge is 0.366 e. The molecule has 0 saturated carbocycles. The van der Waals surface area contributed by atoms with E-state index in [4.69, 9.17) is 10.8 Å². The highest BCUT2D eigenvalue weighted by Gasteiger charge is 2.21. The van der Waals surface area contributed by atoms with Gasteiger partial charge >= 0.3 is 0 Å². The van der Waals surface area contributed by atoms with Gasteiger partial charge in [0.1, 0.15) is 17.5 Å². The molecule has 0 aliphatic heterocycles. The molecule has 1 aromatic heterocycles. The molecule has 20 heavy (non-hydrogen) atoms. The fourth-order valence-corrected chi connectivity index (χ4v) is 2.51. The third kappa shape index (κ3) is 4.24. The number of rotatable bonds is 6. The van der Waals surface area contributed by atoms with Crippen molar-refractivity contribution in [1.29, 1.82) is 0 Å². The predicted octanol–water partition coefficient (Wildman–Crippen LogP) is 2.92. The van der Waals surface area contributed by atoms with E-state index in [0.717, 1.165) is 29.4 Å². The van der Waals surface area contributed by atoms with Gasteiger partial charge in [-0.1, -0.05) is 27.7 Å². The maximum Gasteiger partial charge on any atom is 0.148 e. The van der Waals surface area contributed by atoms with Gasteiger partial charge in [0.05, 0.1) is 0 Å². The number of nitrogens with two attached hydrogens (primary N) is 1. The molecule has 1 unspecified atom stereocenters. The molecule has 6 heteroatoms. The molecule has 114 valence electrons. The molecule has 1 rings (SSSR count). The van der Waals surface area contributed by atoms with Crippen molar-refractivity contribution < 1.29 is 0 Å². The lowest BCUT2D eigenvalue weighted by Gasteiger charge is -2.23. The topological polar surface area (TPSA) is 75.9 Å². The lowest BCUT2D eigenvalue weighted by Crippen LogP contribution is -2.26. The van der Waals surface area contributed by atoms with Gasteiger partial charge in [0.15, 0.2) is 0 Å². The summed E-state index contributed by atoms with van der Waals surface area (Å²) in [7, 11) is 0.